The monoisotopic (exact) mass is 328 g/mol. The maximum absolute atomic E-state index is 12.4. The largest absolute Gasteiger partial charge is 0.398 e. The summed E-state index contributed by atoms with van der Waals surface area (Å²) >= 11 is 3.30. The fourth-order valence-electron chi connectivity index (χ4n) is 1.70. The molecule has 1 rings (SSSR count). The van der Waals surface area contributed by atoms with Gasteiger partial charge in [0.25, 0.3) is 0 Å². The van der Waals surface area contributed by atoms with Crippen molar-refractivity contribution in [3.63, 3.8) is 0 Å². The van der Waals surface area contributed by atoms with E-state index in [1.807, 2.05) is 6.92 Å². The van der Waals surface area contributed by atoms with Crippen molar-refractivity contribution in [3.05, 3.63) is 29.3 Å². The van der Waals surface area contributed by atoms with Crippen LogP contribution in [0, 0.1) is 0 Å². The fraction of sp³-hybridized carbons (Fsp3) is 0.385. The molecule has 0 saturated carbocycles. The number of nitrogens with two attached hydrogens (primary N) is 2. The summed E-state index contributed by atoms with van der Waals surface area (Å²) in [5.74, 6) is -0.939. The number of Topliss-reactive ketones (excluding diaryl/α,β-unsaturated/α-hetero) is 1. The quantitative estimate of drug-likeness (QED) is 0.472. The molecule has 6 heteroatoms. The van der Waals surface area contributed by atoms with Crippen LogP contribution in [0.25, 0.3) is 0 Å². The molecular formula is C13H17BrN2O3. The second-order valence-corrected chi connectivity index (χ2v) is 5.35. The molecule has 0 heterocycles. The Balaban J connectivity index is 3.08. The maximum Gasteiger partial charge on any atom is 0.249 e. The van der Waals surface area contributed by atoms with Crippen molar-refractivity contribution in [1.29, 1.82) is 0 Å². The average Bonchev–Trinajstić information content (AvgIpc) is 2.37. The van der Waals surface area contributed by atoms with Gasteiger partial charge in [-0.15, -0.1) is 0 Å². The number of benzene rings is 1. The summed E-state index contributed by atoms with van der Waals surface area (Å²) in [6.07, 6.45) is 0.386. The third-order valence-corrected chi connectivity index (χ3v) is 3.62. The first kappa shape index (κ1) is 15.7. The summed E-state index contributed by atoms with van der Waals surface area (Å²) in [6.45, 7) is 1.85. The SMILES string of the molecule is COC(C)CC(Br)C(=O)c1c(N)cccc1C(N)=O. The lowest BCUT2D eigenvalue weighted by Gasteiger charge is -2.16. The van der Waals surface area contributed by atoms with Gasteiger partial charge < -0.3 is 16.2 Å². The van der Waals surface area contributed by atoms with Gasteiger partial charge in [-0.25, -0.2) is 0 Å². The van der Waals surface area contributed by atoms with E-state index in [-0.39, 0.29) is 28.7 Å². The fourth-order valence-corrected chi connectivity index (χ4v) is 2.46. The number of alkyl halides is 1. The Hall–Kier alpha value is -1.40. The minimum absolute atomic E-state index is 0.0877. The number of anilines is 1. The van der Waals surface area contributed by atoms with Gasteiger partial charge in [-0.2, -0.15) is 0 Å². The van der Waals surface area contributed by atoms with Crippen LogP contribution in [0.15, 0.2) is 18.2 Å². The van der Waals surface area contributed by atoms with Gasteiger partial charge in [0.05, 0.1) is 22.1 Å². The number of carbonyl (C=O) groups excluding carboxylic acids is 2. The van der Waals surface area contributed by atoms with E-state index < -0.39 is 10.7 Å². The second kappa shape index (κ2) is 6.68. The highest BCUT2D eigenvalue weighted by molar-refractivity contribution is 9.10. The van der Waals surface area contributed by atoms with Crippen LogP contribution in [0.3, 0.4) is 0 Å². The summed E-state index contributed by atoms with van der Waals surface area (Å²) in [4.78, 5) is 23.2. The number of nitrogen functional groups attached to an aromatic ring is 1. The van der Waals surface area contributed by atoms with Gasteiger partial charge in [0.15, 0.2) is 5.78 Å². The van der Waals surface area contributed by atoms with Crippen LogP contribution in [-0.4, -0.2) is 29.7 Å². The van der Waals surface area contributed by atoms with E-state index >= 15 is 0 Å². The second-order valence-electron chi connectivity index (χ2n) is 4.25. The molecule has 1 aromatic rings. The lowest BCUT2D eigenvalue weighted by Crippen LogP contribution is -2.25. The highest BCUT2D eigenvalue weighted by atomic mass is 79.9. The van der Waals surface area contributed by atoms with Gasteiger partial charge >= 0.3 is 0 Å². The molecule has 0 fully saturated rings. The van der Waals surface area contributed by atoms with Crippen LogP contribution >= 0.6 is 15.9 Å². The Kier molecular flexibility index (Phi) is 5.50. The van der Waals surface area contributed by atoms with Gasteiger partial charge in [0.1, 0.15) is 0 Å². The number of methoxy groups -OCH3 is 1. The van der Waals surface area contributed by atoms with Crippen molar-refractivity contribution in [3.8, 4) is 0 Å². The third-order valence-electron chi connectivity index (χ3n) is 2.83. The predicted octanol–water partition coefficient (Wildman–Crippen LogP) is 1.74. The zero-order valence-corrected chi connectivity index (χ0v) is 12.4. The molecule has 2 atom stereocenters. The molecule has 1 amide bonds. The van der Waals surface area contributed by atoms with E-state index in [4.69, 9.17) is 16.2 Å². The number of rotatable bonds is 6. The zero-order valence-electron chi connectivity index (χ0n) is 10.9. The molecule has 1 aromatic carbocycles. The molecular weight excluding hydrogens is 312 g/mol. The van der Waals surface area contributed by atoms with E-state index in [0.29, 0.717) is 6.42 Å². The van der Waals surface area contributed by atoms with Crippen LogP contribution in [0.2, 0.25) is 0 Å². The average molecular weight is 329 g/mol. The molecule has 0 spiro atoms. The molecule has 2 unspecified atom stereocenters. The summed E-state index contributed by atoms with van der Waals surface area (Å²) < 4.78 is 5.11. The highest BCUT2D eigenvalue weighted by Gasteiger charge is 2.25. The van der Waals surface area contributed by atoms with Gasteiger partial charge in [-0.3, -0.25) is 9.59 Å². The molecule has 104 valence electrons. The number of halogens is 1. The Morgan fingerprint density at radius 3 is 2.58 bits per heavy atom. The first-order valence-corrected chi connectivity index (χ1v) is 6.69. The normalized spacial score (nSPS) is 13.8. The van der Waals surface area contributed by atoms with Gasteiger partial charge in [0, 0.05) is 12.8 Å². The minimum Gasteiger partial charge on any atom is -0.398 e. The van der Waals surface area contributed by atoms with Crippen molar-refractivity contribution in [2.24, 2.45) is 5.73 Å². The molecule has 0 aromatic heterocycles. The lowest BCUT2D eigenvalue weighted by molar-refractivity contribution is 0.0889. The lowest BCUT2D eigenvalue weighted by atomic mass is 9.97. The molecule has 0 bridgehead atoms. The topological polar surface area (TPSA) is 95.4 Å². The number of ketones is 1. The molecule has 0 aliphatic carbocycles. The molecule has 0 radical (unpaired) electrons. The van der Waals surface area contributed by atoms with E-state index in [1.165, 1.54) is 6.07 Å². The maximum atomic E-state index is 12.4. The first-order valence-electron chi connectivity index (χ1n) is 5.77. The van der Waals surface area contributed by atoms with E-state index in [0.717, 1.165) is 0 Å². The molecule has 4 N–H and O–H groups in total. The van der Waals surface area contributed by atoms with E-state index in [9.17, 15) is 9.59 Å². The smallest absolute Gasteiger partial charge is 0.249 e. The van der Waals surface area contributed by atoms with Crippen LogP contribution in [0.1, 0.15) is 34.1 Å². The van der Waals surface area contributed by atoms with Crippen LogP contribution in [0.4, 0.5) is 5.69 Å². The molecule has 0 aliphatic rings. The summed E-state index contributed by atoms with van der Waals surface area (Å²) in [5, 5.41) is 0. The highest BCUT2D eigenvalue weighted by Crippen LogP contribution is 2.23. The molecule has 0 aliphatic heterocycles. The molecule has 19 heavy (non-hydrogen) atoms. The zero-order chi connectivity index (χ0) is 14.6. The number of primary amides is 1. The number of hydrogen-bond acceptors (Lipinski definition) is 4. The van der Waals surface area contributed by atoms with Gasteiger partial charge in [-0.05, 0) is 25.5 Å². The van der Waals surface area contributed by atoms with Gasteiger partial charge in [0.2, 0.25) is 5.91 Å². The number of amides is 1. The summed E-state index contributed by atoms with van der Waals surface area (Å²) in [7, 11) is 1.57. The third kappa shape index (κ3) is 3.78. The molecule has 5 nitrogen and oxygen atoms in total. The van der Waals surface area contributed by atoms with Crippen LogP contribution < -0.4 is 11.5 Å². The van der Waals surface area contributed by atoms with Crippen LogP contribution in [-0.2, 0) is 4.74 Å². The Bertz CT molecular complexity index is 491. The van der Waals surface area contributed by atoms with Crippen molar-refractivity contribution < 1.29 is 14.3 Å². The number of ether oxygens (including phenoxy) is 1. The predicted molar refractivity (Wildman–Crippen MR) is 77.5 cm³/mol. The van der Waals surface area contributed by atoms with Crippen molar-refractivity contribution in [1.82, 2.24) is 0 Å². The van der Waals surface area contributed by atoms with Gasteiger partial charge in [-0.1, -0.05) is 22.0 Å². The van der Waals surface area contributed by atoms with E-state index in [2.05, 4.69) is 15.9 Å². The molecule has 0 saturated heterocycles. The van der Waals surface area contributed by atoms with Crippen molar-refractivity contribution in [2.75, 3.05) is 12.8 Å². The standard InChI is InChI=1S/C13H17BrN2O3/c1-7(19-2)6-9(14)12(17)11-8(13(16)18)4-3-5-10(11)15/h3-5,7,9H,6,15H2,1-2H3,(H2,16,18). The number of hydrogen-bond donors (Lipinski definition) is 2. The van der Waals surface area contributed by atoms with Crippen molar-refractivity contribution >= 4 is 33.3 Å². The summed E-state index contributed by atoms with van der Waals surface area (Å²) in [5.41, 5.74) is 11.6. The Labute approximate surface area is 120 Å². The summed E-state index contributed by atoms with van der Waals surface area (Å²) in [6, 6.07) is 4.65. The minimum atomic E-state index is -0.671. The van der Waals surface area contributed by atoms with Crippen molar-refractivity contribution in [2.45, 2.75) is 24.3 Å². The van der Waals surface area contributed by atoms with Crippen LogP contribution in [0.5, 0.6) is 0 Å². The Morgan fingerprint density at radius 2 is 2.05 bits per heavy atom. The Morgan fingerprint density at radius 1 is 1.42 bits per heavy atom. The van der Waals surface area contributed by atoms with E-state index in [1.54, 1.807) is 19.2 Å². The first-order chi connectivity index (χ1) is 8.88. The number of carbonyl (C=O) groups is 2.